The molecule has 114 valence electrons. The molecule has 2 rings (SSSR count). The molecule has 0 spiro atoms. The van der Waals surface area contributed by atoms with Gasteiger partial charge in [0.05, 0.1) is 12.1 Å². The number of nitrogens with zero attached hydrogens (tertiary/aromatic N) is 1. The number of aromatic carboxylic acids is 1. The third-order valence-corrected chi connectivity index (χ3v) is 3.98. The lowest BCUT2D eigenvalue weighted by molar-refractivity contribution is -0.118. The molecule has 1 saturated heterocycles. The molecule has 1 amide bonds. The minimum Gasteiger partial charge on any atom is -0.478 e. The average Bonchev–Trinajstić information content (AvgIpc) is 2.48. The molecule has 0 aliphatic carbocycles. The number of likely N-dealkylation sites (tertiary alicyclic amines) is 1. The Kier molecular flexibility index (Phi) is 5.33. The Hall–Kier alpha value is -1.88. The van der Waals surface area contributed by atoms with Crippen LogP contribution in [0.4, 0.5) is 5.69 Å². The van der Waals surface area contributed by atoms with E-state index in [1.54, 1.807) is 12.1 Å². The summed E-state index contributed by atoms with van der Waals surface area (Å²) in [6.07, 6.45) is 4.63. The van der Waals surface area contributed by atoms with Gasteiger partial charge in [0, 0.05) is 11.7 Å². The van der Waals surface area contributed by atoms with Crippen LogP contribution in [0.15, 0.2) is 24.3 Å². The molecular weight excluding hydrogens is 268 g/mol. The van der Waals surface area contributed by atoms with E-state index in [4.69, 9.17) is 5.11 Å². The maximum atomic E-state index is 12.1. The van der Waals surface area contributed by atoms with Crippen molar-refractivity contribution in [3.63, 3.8) is 0 Å². The first-order valence-corrected chi connectivity index (χ1v) is 7.47. The average molecular weight is 290 g/mol. The lowest BCUT2D eigenvalue weighted by atomic mass is 10.00. The van der Waals surface area contributed by atoms with Gasteiger partial charge in [0.15, 0.2) is 0 Å². The van der Waals surface area contributed by atoms with Crippen molar-refractivity contribution in [3.05, 3.63) is 29.8 Å². The number of benzene rings is 1. The zero-order valence-corrected chi connectivity index (χ0v) is 12.3. The maximum absolute atomic E-state index is 12.1. The molecule has 1 aliphatic rings. The van der Waals surface area contributed by atoms with Crippen LogP contribution in [-0.4, -0.2) is 41.0 Å². The highest BCUT2D eigenvalue weighted by Gasteiger charge is 2.22. The fourth-order valence-corrected chi connectivity index (χ4v) is 2.81. The van der Waals surface area contributed by atoms with E-state index in [1.165, 1.54) is 18.6 Å². The largest absolute Gasteiger partial charge is 0.478 e. The summed E-state index contributed by atoms with van der Waals surface area (Å²) in [4.78, 5) is 25.1. The van der Waals surface area contributed by atoms with Crippen LogP contribution in [0.3, 0.4) is 0 Å². The van der Waals surface area contributed by atoms with Crippen molar-refractivity contribution >= 4 is 17.6 Å². The highest BCUT2D eigenvalue weighted by Crippen LogP contribution is 2.19. The third-order valence-electron chi connectivity index (χ3n) is 3.98. The van der Waals surface area contributed by atoms with Crippen molar-refractivity contribution in [3.8, 4) is 0 Å². The molecular formula is C16H22N2O3. The summed E-state index contributed by atoms with van der Waals surface area (Å²) in [5.74, 6) is -1.01. The molecule has 2 N–H and O–H groups in total. The van der Waals surface area contributed by atoms with Crippen LogP contribution >= 0.6 is 0 Å². The number of carbonyl (C=O) groups excluding carboxylic acids is 1. The van der Waals surface area contributed by atoms with Crippen LogP contribution in [0.5, 0.6) is 0 Å². The molecule has 5 heteroatoms. The smallest absolute Gasteiger partial charge is 0.335 e. The van der Waals surface area contributed by atoms with Gasteiger partial charge in [0.1, 0.15) is 0 Å². The minimum atomic E-state index is -0.966. The monoisotopic (exact) mass is 290 g/mol. The normalized spacial score (nSPS) is 19.2. The lowest BCUT2D eigenvalue weighted by Gasteiger charge is -2.34. The number of anilines is 1. The number of hydrogen-bond donors (Lipinski definition) is 2. The molecule has 0 saturated carbocycles. The highest BCUT2D eigenvalue weighted by molar-refractivity contribution is 5.93. The van der Waals surface area contributed by atoms with E-state index in [0.29, 0.717) is 18.3 Å². The second-order valence-corrected chi connectivity index (χ2v) is 5.46. The summed E-state index contributed by atoms with van der Waals surface area (Å²) >= 11 is 0. The van der Waals surface area contributed by atoms with Gasteiger partial charge in [0.25, 0.3) is 0 Å². The van der Waals surface area contributed by atoms with Crippen molar-refractivity contribution in [1.82, 2.24) is 4.90 Å². The van der Waals surface area contributed by atoms with Gasteiger partial charge in [-0.1, -0.05) is 13.3 Å². The Bertz CT molecular complexity index is 499. The fraction of sp³-hybridized carbons (Fsp3) is 0.500. The summed E-state index contributed by atoms with van der Waals surface area (Å²) in [5.41, 5.74) is 0.852. The number of rotatable bonds is 5. The predicted octanol–water partition coefficient (Wildman–Crippen LogP) is 2.59. The van der Waals surface area contributed by atoms with Crippen LogP contribution in [0.25, 0.3) is 0 Å². The van der Waals surface area contributed by atoms with E-state index in [0.717, 1.165) is 25.8 Å². The summed E-state index contributed by atoms with van der Waals surface area (Å²) in [5, 5.41) is 11.7. The van der Waals surface area contributed by atoms with Crippen LogP contribution in [0, 0.1) is 0 Å². The molecule has 1 heterocycles. The molecule has 0 radical (unpaired) electrons. The maximum Gasteiger partial charge on any atom is 0.335 e. The van der Waals surface area contributed by atoms with Crippen molar-refractivity contribution in [1.29, 1.82) is 0 Å². The molecule has 1 aliphatic heterocycles. The van der Waals surface area contributed by atoms with Gasteiger partial charge in [-0.25, -0.2) is 4.79 Å². The third kappa shape index (κ3) is 4.29. The van der Waals surface area contributed by atoms with Gasteiger partial charge < -0.3 is 10.4 Å². The van der Waals surface area contributed by atoms with Crippen LogP contribution in [-0.2, 0) is 4.79 Å². The summed E-state index contributed by atoms with van der Waals surface area (Å²) in [6.45, 7) is 3.54. The van der Waals surface area contributed by atoms with Crippen LogP contribution in [0.1, 0.15) is 43.0 Å². The minimum absolute atomic E-state index is 0.0431. The quantitative estimate of drug-likeness (QED) is 0.874. The SMILES string of the molecule is CCC1CCCCN1CC(=O)Nc1ccc(C(=O)O)cc1. The van der Waals surface area contributed by atoms with Crippen molar-refractivity contribution < 1.29 is 14.7 Å². The first kappa shape index (κ1) is 15.5. The summed E-state index contributed by atoms with van der Waals surface area (Å²) in [7, 11) is 0. The molecule has 21 heavy (non-hydrogen) atoms. The zero-order valence-electron chi connectivity index (χ0n) is 12.3. The fourth-order valence-electron chi connectivity index (χ4n) is 2.81. The lowest BCUT2D eigenvalue weighted by Crippen LogP contribution is -2.43. The van der Waals surface area contributed by atoms with Crippen molar-refractivity contribution in [2.75, 3.05) is 18.4 Å². The van der Waals surface area contributed by atoms with E-state index in [9.17, 15) is 9.59 Å². The molecule has 1 atom stereocenters. The number of piperidine rings is 1. The number of carboxylic acids is 1. The molecule has 1 unspecified atom stereocenters. The Labute approximate surface area is 125 Å². The standard InChI is InChI=1S/C16H22N2O3/c1-2-14-5-3-4-10-18(14)11-15(19)17-13-8-6-12(7-9-13)16(20)21/h6-9,14H,2-5,10-11H2,1H3,(H,17,19)(H,20,21). The molecule has 0 aromatic heterocycles. The molecule has 1 aromatic rings. The molecule has 0 bridgehead atoms. The summed E-state index contributed by atoms with van der Waals surface area (Å²) in [6, 6.07) is 6.73. The molecule has 5 nitrogen and oxygen atoms in total. The van der Waals surface area contributed by atoms with E-state index in [2.05, 4.69) is 17.1 Å². The van der Waals surface area contributed by atoms with Gasteiger partial charge in [-0.15, -0.1) is 0 Å². The van der Waals surface area contributed by atoms with Gasteiger partial charge in [-0.05, 0) is 50.1 Å². The molecule has 1 fully saturated rings. The number of hydrogen-bond acceptors (Lipinski definition) is 3. The Morgan fingerprint density at radius 3 is 2.62 bits per heavy atom. The molecule has 1 aromatic carbocycles. The van der Waals surface area contributed by atoms with Gasteiger partial charge in [-0.3, -0.25) is 9.69 Å². The predicted molar refractivity (Wildman–Crippen MR) is 81.5 cm³/mol. The number of amides is 1. The van der Waals surface area contributed by atoms with E-state index >= 15 is 0 Å². The topological polar surface area (TPSA) is 69.6 Å². The van der Waals surface area contributed by atoms with Crippen molar-refractivity contribution in [2.45, 2.75) is 38.6 Å². The van der Waals surface area contributed by atoms with E-state index in [1.807, 2.05) is 0 Å². The Morgan fingerprint density at radius 1 is 1.29 bits per heavy atom. The number of carbonyl (C=O) groups is 2. The van der Waals surface area contributed by atoms with Gasteiger partial charge in [0.2, 0.25) is 5.91 Å². The van der Waals surface area contributed by atoms with E-state index in [-0.39, 0.29) is 11.5 Å². The van der Waals surface area contributed by atoms with Gasteiger partial charge >= 0.3 is 5.97 Å². The number of nitrogens with one attached hydrogen (secondary N) is 1. The van der Waals surface area contributed by atoms with Crippen molar-refractivity contribution in [2.24, 2.45) is 0 Å². The van der Waals surface area contributed by atoms with Crippen LogP contribution in [0.2, 0.25) is 0 Å². The second kappa shape index (κ2) is 7.22. The summed E-state index contributed by atoms with van der Waals surface area (Å²) < 4.78 is 0. The van der Waals surface area contributed by atoms with Gasteiger partial charge in [-0.2, -0.15) is 0 Å². The Morgan fingerprint density at radius 2 is 2.00 bits per heavy atom. The van der Waals surface area contributed by atoms with Crippen LogP contribution < -0.4 is 5.32 Å². The van der Waals surface area contributed by atoms with E-state index < -0.39 is 5.97 Å². The highest BCUT2D eigenvalue weighted by atomic mass is 16.4. The second-order valence-electron chi connectivity index (χ2n) is 5.46. The zero-order chi connectivity index (χ0) is 15.2. The first-order valence-electron chi connectivity index (χ1n) is 7.47. The number of carboxylic acid groups (broad SMARTS) is 1. The first-order chi connectivity index (χ1) is 10.1. The Balaban J connectivity index is 1.90.